The van der Waals surface area contributed by atoms with Crippen LogP contribution in [0, 0.1) is 5.92 Å². The molecule has 3 atom stereocenters. The maximum atomic E-state index is 5.76. The van der Waals surface area contributed by atoms with Crippen LogP contribution >= 0.6 is 0 Å². The van der Waals surface area contributed by atoms with Crippen molar-refractivity contribution in [1.82, 2.24) is 10.2 Å². The number of nitrogens with zero attached hydrogens (tertiary/aromatic N) is 1. The Morgan fingerprint density at radius 3 is 2.67 bits per heavy atom. The number of hydrogen-bond acceptors (Lipinski definition) is 4. The Morgan fingerprint density at radius 2 is 2.05 bits per heavy atom. The molecule has 21 heavy (non-hydrogen) atoms. The predicted octanol–water partition coefficient (Wildman–Crippen LogP) is 2.53. The standard InChI is InChI=1S/C17H36N2O2/c1-6-15(3)16-13-18-17(4,7-2)14-19(16)9-12-21-11-8-10-20-5/h15-16,18H,6-14H2,1-5H3. The van der Waals surface area contributed by atoms with Gasteiger partial charge in [0.05, 0.1) is 6.61 Å². The van der Waals surface area contributed by atoms with Crippen LogP contribution in [0.2, 0.25) is 0 Å². The lowest BCUT2D eigenvalue weighted by Crippen LogP contribution is -2.64. The highest BCUT2D eigenvalue weighted by Gasteiger charge is 2.35. The molecule has 1 aliphatic heterocycles. The Hall–Kier alpha value is -0.160. The van der Waals surface area contributed by atoms with E-state index in [2.05, 4.69) is 37.9 Å². The van der Waals surface area contributed by atoms with E-state index in [1.54, 1.807) is 7.11 Å². The summed E-state index contributed by atoms with van der Waals surface area (Å²) >= 11 is 0. The second kappa shape index (κ2) is 9.78. The van der Waals surface area contributed by atoms with Gasteiger partial charge in [0.1, 0.15) is 0 Å². The highest BCUT2D eigenvalue weighted by Crippen LogP contribution is 2.23. The van der Waals surface area contributed by atoms with Crippen LogP contribution < -0.4 is 5.32 Å². The summed E-state index contributed by atoms with van der Waals surface area (Å²) in [5.74, 6) is 0.729. The Balaban J connectivity index is 2.42. The zero-order valence-corrected chi connectivity index (χ0v) is 14.8. The lowest BCUT2D eigenvalue weighted by atomic mass is 9.88. The van der Waals surface area contributed by atoms with E-state index in [1.165, 1.54) is 12.8 Å². The van der Waals surface area contributed by atoms with Crippen LogP contribution in [0.15, 0.2) is 0 Å². The van der Waals surface area contributed by atoms with Gasteiger partial charge in [0.15, 0.2) is 0 Å². The van der Waals surface area contributed by atoms with Gasteiger partial charge in [-0.1, -0.05) is 27.2 Å². The molecule has 1 heterocycles. The van der Waals surface area contributed by atoms with E-state index in [-0.39, 0.29) is 5.54 Å². The largest absolute Gasteiger partial charge is 0.385 e. The van der Waals surface area contributed by atoms with Crippen molar-refractivity contribution < 1.29 is 9.47 Å². The van der Waals surface area contributed by atoms with Crippen molar-refractivity contribution in [2.75, 3.05) is 46.6 Å². The van der Waals surface area contributed by atoms with Gasteiger partial charge < -0.3 is 14.8 Å². The topological polar surface area (TPSA) is 33.7 Å². The molecule has 126 valence electrons. The van der Waals surface area contributed by atoms with E-state index >= 15 is 0 Å². The Kier molecular flexibility index (Phi) is 8.79. The molecule has 0 saturated carbocycles. The summed E-state index contributed by atoms with van der Waals surface area (Å²) in [4.78, 5) is 2.64. The van der Waals surface area contributed by atoms with Crippen molar-refractivity contribution in [2.45, 2.75) is 58.5 Å². The molecule has 0 spiro atoms. The summed E-state index contributed by atoms with van der Waals surface area (Å²) in [5, 5.41) is 3.76. The summed E-state index contributed by atoms with van der Waals surface area (Å²) in [6.07, 6.45) is 3.39. The number of hydrogen-bond donors (Lipinski definition) is 1. The lowest BCUT2D eigenvalue weighted by molar-refractivity contribution is 0.0214. The average molecular weight is 300 g/mol. The molecule has 1 saturated heterocycles. The molecular weight excluding hydrogens is 264 g/mol. The van der Waals surface area contributed by atoms with Gasteiger partial charge in [0, 0.05) is 51.5 Å². The van der Waals surface area contributed by atoms with Gasteiger partial charge in [-0.05, 0) is 25.7 Å². The van der Waals surface area contributed by atoms with Gasteiger partial charge >= 0.3 is 0 Å². The predicted molar refractivity (Wildman–Crippen MR) is 88.8 cm³/mol. The molecule has 1 rings (SSSR count). The molecule has 0 aliphatic carbocycles. The van der Waals surface area contributed by atoms with E-state index in [9.17, 15) is 0 Å². The van der Waals surface area contributed by atoms with E-state index < -0.39 is 0 Å². The fourth-order valence-electron chi connectivity index (χ4n) is 3.01. The smallest absolute Gasteiger partial charge is 0.0593 e. The molecule has 0 aromatic rings. The summed E-state index contributed by atoms with van der Waals surface area (Å²) in [7, 11) is 1.74. The summed E-state index contributed by atoms with van der Waals surface area (Å²) in [6.45, 7) is 15.0. The second-order valence-electron chi connectivity index (χ2n) is 6.68. The van der Waals surface area contributed by atoms with Crippen LogP contribution in [-0.4, -0.2) is 63.0 Å². The van der Waals surface area contributed by atoms with E-state index in [0.29, 0.717) is 6.04 Å². The fraction of sp³-hybridized carbons (Fsp3) is 1.00. The van der Waals surface area contributed by atoms with Crippen LogP contribution in [0.25, 0.3) is 0 Å². The van der Waals surface area contributed by atoms with Crippen molar-refractivity contribution >= 4 is 0 Å². The van der Waals surface area contributed by atoms with Gasteiger partial charge in [0.2, 0.25) is 0 Å². The number of ether oxygens (including phenoxy) is 2. The van der Waals surface area contributed by atoms with Gasteiger partial charge in [-0.25, -0.2) is 0 Å². The van der Waals surface area contributed by atoms with Crippen LogP contribution in [-0.2, 0) is 9.47 Å². The molecule has 4 nitrogen and oxygen atoms in total. The highest BCUT2D eigenvalue weighted by atomic mass is 16.5. The molecule has 4 heteroatoms. The van der Waals surface area contributed by atoms with Gasteiger partial charge in [-0.15, -0.1) is 0 Å². The SMILES string of the molecule is CCC(C)C1CNC(C)(CC)CN1CCOCCCOC. The van der Waals surface area contributed by atoms with Crippen molar-refractivity contribution in [1.29, 1.82) is 0 Å². The van der Waals surface area contributed by atoms with Crippen LogP contribution in [0.5, 0.6) is 0 Å². The minimum Gasteiger partial charge on any atom is -0.385 e. The molecule has 1 fully saturated rings. The Labute approximate surface area is 131 Å². The number of rotatable bonds is 10. The van der Waals surface area contributed by atoms with Crippen LogP contribution in [0.4, 0.5) is 0 Å². The zero-order chi connectivity index (χ0) is 15.7. The van der Waals surface area contributed by atoms with Crippen molar-refractivity contribution in [3.63, 3.8) is 0 Å². The van der Waals surface area contributed by atoms with E-state index in [0.717, 1.165) is 51.8 Å². The Morgan fingerprint density at radius 1 is 1.29 bits per heavy atom. The summed E-state index contributed by atoms with van der Waals surface area (Å²) in [6, 6.07) is 0.636. The third-order valence-corrected chi connectivity index (χ3v) is 5.00. The molecule has 3 unspecified atom stereocenters. The molecule has 0 radical (unpaired) electrons. The fourth-order valence-corrected chi connectivity index (χ4v) is 3.01. The lowest BCUT2D eigenvalue weighted by Gasteiger charge is -2.48. The van der Waals surface area contributed by atoms with Crippen molar-refractivity contribution in [3.05, 3.63) is 0 Å². The first-order valence-electron chi connectivity index (χ1n) is 8.62. The van der Waals surface area contributed by atoms with Gasteiger partial charge in [-0.2, -0.15) is 0 Å². The summed E-state index contributed by atoms with van der Waals surface area (Å²) in [5.41, 5.74) is 0.250. The minimum atomic E-state index is 0.250. The molecule has 0 aromatic heterocycles. The normalized spacial score (nSPS) is 28.7. The zero-order valence-electron chi connectivity index (χ0n) is 14.8. The molecule has 0 amide bonds. The van der Waals surface area contributed by atoms with Gasteiger partial charge in [-0.3, -0.25) is 4.90 Å². The quantitative estimate of drug-likeness (QED) is 0.629. The molecule has 0 bridgehead atoms. The molecule has 0 aromatic carbocycles. The average Bonchev–Trinajstić information content (AvgIpc) is 2.50. The monoisotopic (exact) mass is 300 g/mol. The minimum absolute atomic E-state index is 0.250. The summed E-state index contributed by atoms with van der Waals surface area (Å²) < 4.78 is 10.8. The van der Waals surface area contributed by atoms with E-state index in [4.69, 9.17) is 9.47 Å². The van der Waals surface area contributed by atoms with Crippen molar-refractivity contribution in [2.24, 2.45) is 5.92 Å². The first-order valence-corrected chi connectivity index (χ1v) is 8.62. The van der Waals surface area contributed by atoms with Crippen LogP contribution in [0.3, 0.4) is 0 Å². The second-order valence-corrected chi connectivity index (χ2v) is 6.68. The number of methoxy groups -OCH3 is 1. The maximum absolute atomic E-state index is 5.76. The first-order chi connectivity index (χ1) is 10.1. The van der Waals surface area contributed by atoms with Crippen LogP contribution in [0.1, 0.15) is 47.0 Å². The highest BCUT2D eigenvalue weighted by molar-refractivity contribution is 4.95. The van der Waals surface area contributed by atoms with Crippen molar-refractivity contribution in [3.8, 4) is 0 Å². The third kappa shape index (κ3) is 6.23. The molecule has 1 N–H and O–H groups in total. The third-order valence-electron chi connectivity index (χ3n) is 5.00. The maximum Gasteiger partial charge on any atom is 0.0593 e. The van der Waals surface area contributed by atoms with E-state index in [1.807, 2.05) is 0 Å². The number of piperazine rings is 1. The molecular formula is C17H36N2O2. The number of nitrogens with one attached hydrogen (secondary N) is 1. The van der Waals surface area contributed by atoms with Gasteiger partial charge in [0.25, 0.3) is 0 Å². The first kappa shape index (κ1) is 18.9. The Bertz CT molecular complexity index is 276. The molecule has 1 aliphatic rings.